The Kier molecular flexibility index (Phi) is 5.12. The van der Waals surface area contributed by atoms with Crippen molar-refractivity contribution in [2.45, 2.75) is 69.4 Å². The molecule has 3 atom stereocenters. The highest BCUT2D eigenvalue weighted by Crippen LogP contribution is 2.45. The molecule has 2 bridgehead atoms. The molecule has 8 nitrogen and oxygen atoms in total. The van der Waals surface area contributed by atoms with Crippen molar-refractivity contribution in [1.29, 1.82) is 0 Å². The van der Waals surface area contributed by atoms with E-state index < -0.39 is 6.17 Å². The molecule has 1 amide bonds. The van der Waals surface area contributed by atoms with Crippen LogP contribution in [0.2, 0.25) is 0 Å². The number of rotatable bonds is 6. The Morgan fingerprint density at radius 2 is 2.03 bits per heavy atom. The van der Waals surface area contributed by atoms with Gasteiger partial charge in [0.1, 0.15) is 23.1 Å². The molecular formula is C30H33FN6O2. The lowest BCUT2D eigenvalue weighted by Crippen LogP contribution is -2.41. The summed E-state index contributed by atoms with van der Waals surface area (Å²) in [6, 6.07) is 10.0. The number of amides is 1. The van der Waals surface area contributed by atoms with E-state index in [1.54, 1.807) is 7.11 Å². The number of carbonyl (C=O) groups excluding carboxylic acids is 1. The summed E-state index contributed by atoms with van der Waals surface area (Å²) in [6.45, 7) is 1.59. The molecule has 0 unspecified atom stereocenters. The molecule has 3 aliphatic carbocycles. The SMILES string of the molecule is COc1cc(C(=O)N2C[C@H]3CC[C@@H]2[C@@H]3N)cc2nc(-c3cc4cccnc4n3CC3CC3)n(C3CC(F)C3)c12. The van der Waals surface area contributed by atoms with Gasteiger partial charge in [-0.2, -0.15) is 0 Å². The van der Waals surface area contributed by atoms with Crippen LogP contribution in [0.3, 0.4) is 0 Å². The molecule has 39 heavy (non-hydrogen) atoms. The van der Waals surface area contributed by atoms with Crippen LogP contribution < -0.4 is 10.5 Å². The third kappa shape index (κ3) is 3.55. The number of methoxy groups -OCH3 is 1. The van der Waals surface area contributed by atoms with Crippen LogP contribution in [0.25, 0.3) is 33.6 Å². The van der Waals surface area contributed by atoms with E-state index >= 15 is 0 Å². The Morgan fingerprint density at radius 1 is 1.18 bits per heavy atom. The van der Waals surface area contributed by atoms with Gasteiger partial charge in [0.2, 0.25) is 0 Å². The minimum absolute atomic E-state index is 0.0199. The second-order valence-corrected chi connectivity index (χ2v) is 12.0. The number of benzene rings is 1. The number of pyridine rings is 1. The number of hydrogen-bond donors (Lipinski definition) is 1. The first-order chi connectivity index (χ1) is 19.0. The first-order valence-electron chi connectivity index (χ1n) is 14.3. The van der Waals surface area contributed by atoms with Crippen molar-refractivity contribution >= 4 is 28.0 Å². The number of halogens is 1. The maximum atomic E-state index is 14.2. The highest BCUT2D eigenvalue weighted by Gasteiger charge is 2.47. The Balaban J connectivity index is 1.30. The van der Waals surface area contributed by atoms with E-state index in [2.05, 4.69) is 21.3 Å². The van der Waals surface area contributed by atoms with Crippen molar-refractivity contribution in [3.05, 3.63) is 42.1 Å². The zero-order valence-electron chi connectivity index (χ0n) is 22.1. The standard InChI is InChI=1S/C30H33FN6O2/c1-39-25-11-19(30(38)36-15-18-6-7-23(36)26(18)32)9-22-27(25)37(21-12-20(31)13-21)29(34-22)24-10-17-3-2-8-33-28(17)35(24)14-16-4-5-16/h2-3,8-11,16,18,20-21,23,26H,4-7,12-15,32H2,1H3/t18-,20?,21?,23-,26-/m1/s1. The molecule has 0 spiro atoms. The summed E-state index contributed by atoms with van der Waals surface area (Å²) in [5.41, 5.74) is 10.4. The second kappa shape index (κ2) is 8.52. The van der Waals surface area contributed by atoms with Crippen LogP contribution in [-0.4, -0.2) is 61.8 Å². The van der Waals surface area contributed by atoms with Gasteiger partial charge >= 0.3 is 0 Å². The fourth-order valence-corrected chi connectivity index (χ4v) is 7.21. The van der Waals surface area contributed by atoms with Crippen molar-refractivity contribution in [3.8, 4) is 17.3 Å². The molecule has 4 aromatic rings. The van der Waals surface area contributed by atoms with Crippen LogP contribution in [0.1, 0.15) is 54.9 Å². The number of likely N-dealkylation sites (tertiary alicyclic amines) is 1. The predicted molar refractivity (Wildman–Crippen MR) is 146 cm³/mol. The molecule has 1 aromatic carbocycles. The fourth-order valence-electron chi connectivity index (χ4n) is 7.21. The van der Waals surface area contributed by atoms with E-state index in [4.69, 9.17) is 20.4 Å². The van der Waals surface area contributed by atoms with E-state index in [0.717, 1.165) is 47.5 Å². The topological polar surface area (TPSA) is 91.2 Å². The van der Waals surface area contributed by atoms with E-state index in [1.165, 1.54) is 12.8 Å². The molecule has 2 N–H and O–H groups in total. The summed E-state index contributed by atoms with van der Waals surface area (Å²) in [7, 11) is 1.63. The first kappa shape index (κ1) is 23.4. The Labute approximate surface area is 225 Å². The quantitative estimate of drug-likeness (QED) is 0.392. The molecule has 8 rings (SSSR count). The van der Waals surface area contributed by atoms with Gasteiger partial charge in [-0.15, -0.1) is 0 Å². The van der Waals surface area contributed by atoms with Gasteiger partial charge in [0.25, 0.3) is 5.91 Å². The Hall–Kier alpha value is -3.46. The lowest BCUT2D eigenvalue weighted by molar-refractivity contribution is 0.0700. The Bertz CT molecular complexity index is 1620. The summed E-state index contributed by atoms with van der Waals surface area (Å²) < 4.78 is 24.5. The molecule has 1 saturated heterocycles. The van der Waals surface area contributed by atoms with Crippen LogP contribution >= 0.6 is 0 Å². The van der Waals surface area contributed by atoms with Gasteiger partial charge in [0.15, 0.2) is 5.82 Å². The van der Waals surface area contributed by atoms with Gasteiger partial charge in [0.05, 0.1) is 18.3 Å². The van der Waals surface area contributed by atoms with E-state index in [1.807, 2.05) is 29.3 Å². The summed E-state index contributed by atoms with van der Waals surface area (Å²) >= 11 is 0. The smallest absolute Gasteiger partial charge is 0.254 e. The molecule has 3 aromatic heterocycles. The lowest BCUT2D eigenvalue weighted by Gasteiger charge is -2.33. The number of ether oxygens (including phenoxy) is 1. The van der Waals surface area contributed by atoms with Gasteiger partial charge in [-0.1, -0.05) is 0 Å². The third-order valence-corrected chi connectivity index (χ3v) is 9.57. The maximum Gasteiger partial charge on any atom is 0.254 e. The number of aromatic nitrogens is 4. The molecule has 4 fully saturated rings. The van der Waals surface area contributed by atoms with Crippen LogP contribution in [0, 0.1) is 11.8 Å². The minimum atomic E-state index is -0.819. The van der Waals surface area contributed by atoms with Gasteiger partial charge < -0.3 is 24.5 Å². The van der Waals surface area contributed by atoms with Crippen LogP contribution in [0.5, 0.6) is 5.75 Å². The van der Waals surface area contributed by atoms with Crippen molar-refractivity contribution in [3.63, 3.8) is 0 Å². The first-order valence-corrected chi connectivity index (χ1v) is 14.3. The highest BCUT2D eigenvalue weighted by molar-refractivity contribution is 6.00. The molecule has 3 saturated carbocycles. The highest BCUT2D eigenvalue weighted by atomic mass is 19.1. The lowest BCUT2D eigenvalue weighted by atomic mass is 9.90. The summed E-state index contributed by atoms with van der Waals surface area (Å²) in [6.07, 6.45) is 6.38. The molecule has 0 radical (unpaired) electrons. The van der Waals surface area contributed by atoms with Crippen LogP contribution in [-0.2, 0) is 6.54 Å². The van der Waals surface area contributed by atoms with Crippen molar-refractivity contribution < 1.29 is 13.9 Å². The second-order valence-electron chi connectivity index (χ2n) is 12.0. The van der Waals surface area contributed by atoms with Gasteiger partial charge in [-0.05, 0) is 80.7 Å². The van der Waals surface area contributed by atoms with Gasteiger partial charge in [-0.3, -0.25) is 4.79 Å². The average Bonchev–Trinajstić information content (AvgIpc) is 3.27. The predicted octanol–water partition coefficient (Wildman–Crippen LogP) is 4.71. The Morgan fingerprint density at radius 3 is 2.72 bits per heavy atom. The van der Waals surface area contributed by atoms with Crippen molar-refractivity contribution in [2.24, 2.45) is 17.6 Å². The number of nitrogens with zero attached hydrogens (tertiary/aromatic N) is 5. The number of alkyl halides is 1. The van der Waals surface area contributed by atoms with Crippen LogP contribution in [0.15, 0.2) is 36.5 Å². The maximum absolute atomic E-state index is 14.2. The zero-order chi connectivity index (χ0) is 26.4. The van der Waals surface area contributed by atoms with E-state index in [-0.39, 0.29) is 24.0 Å². The fraction of sp³-hybridized carbons (Fsp3) is 0.500. The summed E-state index contributed by atoms with van der Waals surface area (Å²) in [5.74, 6) is 2.37. The number of hydrogen-bond acceptors (Lipinski definition) is 5. The molecule has 9 heteroatoms. The summed E-state index contributed by atoms with van der Waals surface area (Å²) in [5, 5.41) is 1.06. The van der Waals surface area contributed by atoms with Gasteiger partial charge in [-0.25, -0.2) is 14.4 Å². The van der Waals surface area contributed by atoms with Crippen molar-refractivity contribution in [1.82, 2.24) is 24.0 Å². The number of nitrogens with two attached hydrogens (primary N) is 1. The van der Waals surface area contributed by atoms with E-state index in [0.29, 0.717) is 48.1 Å². The van der Waals surface area contributed by atoms with E-state index in [9.17, 15) is 9.18 Å². The van der Waals surface area contributed by atoms with Gasteiger partial charge in [0, 0.05) is 48.4 Å². The normalized spacial score (nSPS) is 28.0. The van der Waals surface area contributed by atoms with Crippen molar-refractivity contribution in [2.75, 3.05) is 13.7 Å². The monoisotopic (exact) mass is 528 g/mol. The largest absolute Gasteiger partial charge is 0.494 e. The average molecular weight is 529 g/mol. The number of piperidine rings is 1. The number of fused-ring (bicyclic) bond motifs is 4. The molecule has 202 valence electrons. The third-order valence-electron chi connectivity index (χ3n) is 9.57. The molecule has 4 aliphatic rings. The summed E-state index contributed by atoms with van der Waals surface area (Å²) in [4.78, 5) is 25.5. The van der Waals surface area contributed by atoms with Crippen LogP contribution in [0.4, 0.5) is 4.39 Å². The minimum Gasteiger partial charge on any atom is -0.494 e. The number of carbonyl (C=O) groups is 1. The molecule has 4 heterocycles. The zero-order valence-corrected chi connectivity index (χ0v) is 22.1. The molecule has 1 aliphatic heterocycles. The number of imidazole rings is 1. The molecular weight excluding hydrogens is 495 g/mol.